The molecule has 0 radical (unpaired) electrons. The molecule has 5 fully saturated rings. The Bertz CT molecular complexity index is 424. The molecular weight excluding hydrogens is 264 g/mol. The van der Waals surface area contributed by atoms with E-state index in [0.29, 0.717) is 37.4 Å². The summed E-state index contributed by atoms with van der Waals surface area (Å²) in [7, 11) is 0. The fourth-order valence-electron chi connectivity index (χ4n) is 5.96. The highest BCUT2D eigenvalue weighted by molar-refractivity contribution is 5.80. The van der Waals surface area contributed by atoms with Gasteiger partial charge in [-0.15, -0.1) is 0 Å². The van der Waals surface area contributed by atoms with Gasteiger partial charge in [0.15, 0.2) is 0 Å². The van der Waals surface area contributed by atoms with Crippen molar-refractivity contribution in [1.82, 2.24) is 10.2 Å². The van der Waals surface area contributed by atoms with Gasteiger partial charge in [-0.25, -0.2) is 0 Å². The molecule has 4 bridgehead atoms. The molecule has 1 aliphatic heterocycles. The first-order chi connectivity index (χ1) is 10.1. The van der Waals surface area contributed by atoms with E-state index in [0.717, 1.165) is 24.2 Å². The first-order valence-corrected chi connectivity index (χ1v) is 8.66. The molecule has 2 amide bonds. The van der Waals surface area contributed by atoms with Gasteiger partial charge in [-0.2, -0.15) is 0 Å². The van der Waals surface area contributed by atoms with E-state index in [1.165, 1.54) is 38.5 Å². The van der Waals surface area contributed by atoms with E-state index in [2.05, 4.69) is 5.32 Å². The van der Waals surface area contributed by atoms with E-state index in [4.69, 9.17) is 0 Å². The van der Waals surface area contributed by atoms with Crippen LogP contribution in [0.15, 0.2) is 0 Å². The molecule has 1 N–H and O–H groups in total. The molecule has 1 heterocycles. The van der Waals surface area contributed by atoms with Crippen LogP contribution in [0.5, 0.6) is 0 Å². The van der Waals surface area contributed by atoms with Crippen LogP contribution in [-0.2, 0) is 9.59 Å². The van der Waals surface area contributed by atoms with Gasteiger partial charge in [-0.05, 0) is 61.7 Å². The monoisotopic (exact) mass is 290 g/mol. The predicted molar refractivity (Wildman–Crippen MR) is 79.4 cm³/mol. The van der Waals surface area contributed by atoms with Crippen LogP contribution in [0.1, 0.15) is 51.4 Å². The summed E-state index contributed by atoms with van der Waals surface area (Å²) in [5.41, 5.74) is 0.315. The SMILES string of the molecule is O=C1CCN(C(=O)CC23CC4CC(CC(C4)C2)C3)CCN1. The second kappa shape index (κ2) is 4.99. The van der Waals surface area contributed by atoms with E-state index < -0.39 is 0 Å². The van der Waals surface area contributed by atoms with Crippen LogP contribution in [0.25, 0.3) is 0 Å². The van der Waals surface area contributed by atoms with Crippen molar-refractivity contribution >= 4 is 11.8 Å². The summed E-state index contributed by atoms with van der Waals surface area (Å²) in [5, 5.41) is 2.86. The first kappa shape index (κ1) is 13.6. The van der Waals surface area contributed by atoms with Crippen molar-refractivity contribution in [2.45, 2.75) is 51.4 Å². The second-order valence-corrected chi connectivity index (χ2v) is 8.08. The van der Waals surface area contributed by atoms with Crippen LogP contribution in [0.2, 0.25) is 0 Å². The minimum Gasteiger partial charge on any atom is -0.354 e. The Morgan fingerprint density at radius 3 is 2.33 bits per heavy atom. The summed E-state index contributed by atoms with van der Waals surface area (Å²) in [6, 6.07) is 0. The van der Waals surface area contributed by atoms with Gasteiger partial charge in [0.2, 0.25) is 11.8 Å². The summed E-state index contributed by atoms with van der Waals surface area (Å²) in [5.74, 6) is 3.08. The quantitative estimate of drug-likeness (QED) is 0.845. The third kappa shape index (κ3) is 2.58. The maximum Gasteiger partial charge on any atom is 0.223 e. The molecule has 116 valence electrons. The second-order valence-electron chi connectivity index (χ2n) is 8.08. The fraction of sp³-hybridized carbons (Fsp3) is 0.882. The molecule has 4 heteroatoms. The van der Waals surface area contributed by atoms with Gasteiger partial charge in [0.1, 0.15) is 0 Å². The lowest BCUT2D eigenvalue weighted by atomic mass is 9.49. The standard InChI is InChI=1S/C17H26N2O2/c20-15-1-3-19(4-2-18-15)16(21)11-17-8-12-5-13(9-17)7-14(6-12)10-17/h12-14H,1-11H2,(H,18,20). The Morgan fingerprint density at radius 2 is 1.71 bits per heavy atom. The molecule has 5 aliphatic rings. The predicted octanol–water partition coefficient (Wildman–Crippen LogP) is 1.94. The number of amides is 2. The topological polar surface area (TPSA) is 49.4 Å². The normalized spacial score (nSPS) is 41.8. The lowest BCUT2D eigenvalue weighted by molar-refractivity contribution is -0.139. The third-order valence-electron chi connectivity index (χ3n) is 6.36. The molecule has 1 saturated heterocycles. The van der Waals surface area contributed by atoms with Crippen molar-refractivity contribution in [3.63, 3.8) is 0 Å². The van der Waals surface area contributed by atoms with Crippen molar-refractivity contribution in [1.29, 1.82) is 0 Å². The van der Waals surface area contributed by atoms with E-state index in [1.54, 1.807) is 0 Å². The Hall–Kier alpha value is -1.06. The van der Waals surface area contributed by atoms with Crippen LogP contribution in [0.4, 0.5) is 0 Å². The average Bonchev–Trinajstić information content (AvgIpc) is 2.61. The summed E-state index contributed by atoms with van der Waals surface area (Å²) in [6.45, 7) is 1.92. The van der Waals surface area contributed by atoms with Crippen molar-refractivity contribution in [3.05, 3.63) is 0 Å². The summed E-state index contributed by atoms with van der Waals surface area (Å²) in [4.78, 5) is 26.1. The Morgan fingerprint density at radius 1 is 1.10 bits per heavy atom. The number of hydrogen-bond donors (Lipinski definition) is 1. The maximum absolute atomic E-state index is 12.7. The van der Waals surface area contributed by atoms with Crippen LogP contribution < -0.4 is 5.32 Å². The van der Waals surface area contributed by atoms with E-state index in [-0.39, 0.29) is 5.91 Å². The molecule has 0 aromatic rings. The van der Waals surface area contributed by atoms with E-state index >= 15 is 0 Å². The average molecular weight is 290 g/mol. The molecule has 0 unspecified atom stereocenters. The molecule has 4 saturated carbocycles. The van der Waals surface area contributed by atoms with Gasteiger partial charge >= 0.3 is 0 Å². The molecule has 0 aromatic heterocycles. The zero-order valence-electron chi connectivity index (χ0n) is 12.8. The lowest BCUT2D eigenvalue weighted by Gasteiger charge is -2.57. The van der Waals surface area contributed by atoms with E-state index in [9.17, 15) is 9.59 Å². The number of carbonyl (C=O) groups is 2. The highest BCUT2D eigenvalue weighted by Crippen LogP contribution is 2.61. The Labute approximate surface area is 126 Å². The molecule has 0 spiro atoms. The summed E-state index contributed by atoms with van der Waals surface area (Å²) < 4.78 is 0. The smallest absolute Gasteiger partial charge is 0.223 e. The lowest BCUT2D eigenvalue weighted by Crippen LogP contribution is -2.48. The highest BCUT2D eigenvalue weighted by atomic mass is 16.2. The molecule has 5 rings (SSSR count). The van der Waals surface area contributed by atoms with Crippen LogP contribution in [-0.4, -0.2) is 36.3 Å². The van der Waals surface area contributed by atoms with Gasteiger partial charge in [0.25, 0.3) is 0 Å². The van der Waals surface area contributed by atoms with Gasteiger partial charge in [0, 0.05) is 32.5 Å². The van der Waals surface area contributed by atoms with Crippen molar-refractivity contribution < 1.29 is 9.59 Å². The maximum atomic E-state index is 12.7. The number of carbonyl (C=O) groups excluding carboxylic acids is 2. The first-order valence-electron chi connectivity index (χ1n) is 8.66. The highest BCUT2D eigenvalue weighted by Gasteiger charge is 2.51. The van der Waals surface area contributed by atoms with Gasteiger partial charge < -0.3 is 10.2 Å². The Balaban J connectivity index is 1.43. The fourth-order valence-corrected chi connectivity index (χ4v) is 5.96. The van der Waals surface area contributed by atoms with Gasteiger partial charge in [-0.1, -0.05) is 0 Å². The van der Waals surface area contributed by atoms with Gasteiger partial charge in [-0.3, -0.25) is 9.59 Å². The number of hydrogen-bond acceptors (Lipinski definition) is 2. The zero-order valence-corrected chi connectivity index (χ0v) is 12.8. The summed E-state index contributed by atoms with van der Waals surface area (Å²) in [6.07, 6.45) is 9.35. The van der Waals surface area contributed by atoms with Gasteiger partial charge in [0.05, 0.1) is 0 Å². The molecule has 4 nitrogen and oxygen atoms in total. The molecular formula is C17H26N2O2. The number of nitrogens with zero attached hydrogens (tertiary/aromatic N) is 1. The molecule has 0 atom stereocenters. The van der Waals surface area contributed by atoms with Crippen molar-refractivity contribution in [2.75, 3.05) is 19.6 Å². The zero-order chi connectivity index (χ0) is 14.4. The minimum absolute atomic E-state index is 0.0834. The Kier molecular flexibility index (Phi) is 3.23. The molecule has 4 aliphatic carbocycles. The van der Waals surface area contributed by atoms with Crippen LogP contribution in [0.3, 0.4) is 0 Å². The van der Waals surface area contributed by atoms with E-state index in [1.807, 2.05) is 4.90 Å². The van der Waals surface area contributed by atoms with Crippen molar-refractivity contribution in [2.24, 2.45) is 23.2 Å². The number of nitrogens with one attached hydrogen (secondary N) is 1. The van der Waals surface area contributed by atoms with Crippen LogP contribution in [0, 0.1) is 23.2 Å². The van der Waals surface area contributed by atoms with Crippen molar-refractivity contribution in [3.8, 4) is 0 Å². The summed E-state index contributed by atoms with van der Waals surface area (Å²) >= 11 is 0. The molecule has 21 heavy (non-hydrogen) atoms. The minimum atomic E-state index is 0.0834. The third-order valence-corrected chi connectivity index (χ3v) is 6.36. The van der Waals surface area contributed by atoms with Crippen LogP contribution >= 0.6 is 0 Å². The molecule has 0 aromatic carbocycles. The number of rotatable bonds is 2. The largest absolute Gasteiger partial charge is 0.354 e.